The van der Waals surface area contributed by atoms with E-state index in [2.05, 4.69) is 29.3 Å². The molecule has 21 heavy (non-hydrogen) atoms. The summed E-state index contributed by atoms with van der Waals surface area (Å²) >= 11 is 0. The molecule has 0 aliphatic rings. The third kappa shape index (κ3) is 4.80. The molecule has 0 bridgehead atoms. The second kappa shape index (κ2) is 8.59. The fourth-order valence-electron chi connectivity index (χ4n) is 1.88. The van der Waals surface area contributed by atoms with Gasteiger partial charge in [0, 0.05) is 30.4 Å². The predicted octanol–water partition coefficient (Wildman–Crippen LogP) is 1.91. The average Bonchev–Trinajstić information content (AvgIpc) is 2.49. The van der Waals surface area contributed by atoms with Crippen LogP contribution >= 0.6 is 0 Å². The predicted molar refractivity (Wildman–Crippen MR) is 82.5 cm³/mol. The minimum Gasteiger partial charge on any atom is -0.496 e. The Labute approximate surface area is 125 Å². The number of carbonyl (C=O) groups excluding carboxylic acids is 1. The second-order valence-corrected chi connectivity index (χ2v) is 4.23. The molecule has 1 N–H and O–H groups in total. The maximum Gasteiger partial charge on any atom is 0.254 e. The zero-order valence-corrected chi connectivity index (χ0v) is 12.6. The first-order valence-electron chi connectivity index (χ1n) is 6.78. The summed E-state index contributed by atoms with van der Waals surface area (Å²) in [5.41, 5.74) is 4.11. The summed E-state index contributed by atoms with van der Waals surface area (Å²) in [6.07, 6.45) is 1.29. The standard InChI is InChI=1S/C15H20N4O2/c1-4-19(5-2)13-7-6-12(14(10-13)21-3)11-17-18-15(20)8-9-16/h6-7,10-11H,4-5,8H2,1-3H3,(H,18,20). The molecule has 1 amide bonds. The third-order valence-corrected chi connectivity index (χ3v) is 2.98. The number of hydrazone groups is 1. The Balaban J connectivity index is 2.86. The van der Waals surface area contributed by atoms with E-state index in [4.69, 9.17) is 10.00 Å². The highest BCUT2D eigenvalue weighted by Gasteiger charge is 2.07. The van der Waals surface area contributed by atoms with Crippen LogP contribution in [0.4, 0.5) is 5.69 Å². The lowest BCUT2D eigenvalue weighted by molar-refractivity contribution is -0.120. The molecular weight excluding hydrogens is 268 g/mol. The number of amides is 1. The van der Waals surface area contributed by atoms with Crippen molar-refractivity contribution in [3.63, 3.8) is 0 Å². The highest BCUT2D eigenvalue weighted by atomic mass is 16.5. The smallest absolute Gasteiger partial charge is 0.254 e. The van der Waals surface area contributed by atoms with Crippen molar-refractivity contribution in [3.05, 3.63) is 23.8 Å². The van der Waals surface area contributed by atoms with Crippen LogP contribution in [0.1, 0.15) is 25.8 Å². The summed E-state index contributed by atoms with van der Waals surface area (Å²) in [4.78, 5) is 13.3. The molecule has 0 saturated carbocycles. The number of hydrogen-bond acceptors (Lipinski definition) is 5. The zero-order valence-electron chi connectivity index (χ0n) is 12.6. The van der Waals surface area contributed by atoms with Crippen molar-refractivity contribution in [1.29, 1.82) is 5.26 Å². The molecule has 1 aromatic carbocycles. The Morgan fingerprint density at radius 3 is 2.76 bits per heavy atom. The van der Waals surface area contributed by atoms with E-state index in [1.54, 1.807) is 13.2 Å². The number of benzene rings is 1. The fourth-order valence-corrected chi connectivity index (χ4v) is 1.88. The normalized spacial score (nSPS) is 10.2. The van der Waals surface area contributed by atoms with Crippen molar-refractivity contribution in [2.75, 3.05) is 25.1 Å². The van der Waals surface area contributed by atoms with Gasteiger partial charge in [0.25, 0.3) is 5.91 Å². The molecule has 0 heterocycles. The van der Waals surface area contributed by atoms with Gasteiger partial charge in [0.2, 0.25) is 0 Å². The van der Waals surface area contributed by atoms with E-state index >= 15 is 0 Å². The van der Waals surface area contributed by atoms with Gasteiger partial charge >= 0.3 is 0 Å². The number of nitrogens with zero attached hydrogens (tertiary/aromatic N) is 3. The number of carbonyl (C=O) groups is 1. The molecule has 0 atom stereocenters. The highest BCUT2D eigenvalue weighted by Crippen LogP contribution is 2.24. The molecule has 0 fully saturated rings. The van der Waals surface area contributed by atoms with Gasteiger partial charge in [0.1, 0.15) is 12.2 Å². The second-order valence-electron chi connectivity index (χ2n) is 4.23. The van der Waals surface area contributed by atoms with Gasteiger partial charge in [-0.25, -0.2) is 5.43 Å². The number of hydrogen-bond donors (Lipinski definition) is 1. The minimum absolute atomic E-state index is 0.213. The van der Waals surface area contributed by atoms with Crippen LogP contribution in [0.3, 0.4) is 0 Å². The minimum atomic E-state index is -0.438. The van der Waals surface area contributed by atoms with E-state index in [9.17, 15) is 4.79 Å². The van der Waals surface area contributed by atoms with Crippen LogP contribution < -0.4 is 15.1 Å². The van der Waals surface area contributed by atoms with E-state index in [1.807, 2.05) is 18.2 Å². The Morgan fingerprint density at radius 2 is 2.19 bits per heavy atom. The van der Waals surface area contributed by atoms with Gasteiger partial charge in [0.15, 0.2) is 0 Å². The van der Waals surface area contributed by atoms with Crippen LogP contribution in [0.15, 0.2) is 23.3 Å². The molecule has 1 rings (SSSR count). The number of anilines is 1. The Bertz CT molecular complexity index is 545. The maximum atomic E-state index is 11.1. The van der Waals surface area contributed by atoms with E-state index in [0.717, 1.165) is 24.3 Å². The Kier molecular flexibility index (Phi) is 6.75. The van der Waals surface area contributed by atoms with Gasteiger partial charge in [-0.05, 0) is 26.0 Å². The van der Waals surface area contributed by atoms with Gasteiger partial charge in [-0.15, -0.1) is 0 Å². The van der Waals surface area contributed by atoms with Crippen LogP contribution in [-0.4, -0.2) is 32.3 Å². The molecule has 0 aliphatic heterocycles. The zero-order chi connectivity index (χ0) is 15.7. The first kappa shape index (κ1) is 16.5. The molecule has 6 nitrogen and oxygen atoms in total. The summed E-state index contributed by atoms with van der Waals surface area (Å²) in [5.74, 6) is 0.241. The third-order valence-electron chi connectivity index (χ3n) is 2.98. The first-order chi connectivity index (χ1) is 10.2. The average molecular weight is 288 g/mol. The molecule has 0 saturated heterocycles. The first-order valence-corrected chi connectivity index (χ1v) is 6.78. The summed E-state index contributed by atoms with van der Waals surface area (Å²) < 4.78 is 5.35. The van der Waals surface area contributed by atoms with Crippen LogP contribution in [0.5, 0.6) is 5.75 Å². The topological polar surface area (TPSA) is 77.7 Å². The van der Waals surface area contributed by atoms with Crippen molar-refractivity contribution in [1.82, 2.24) is 5.43 Å². The number of rotatable bonds is 7. The monoisotopic (exact) mass is 288 g/mol. The molecule has 0 radical (unpaired) electrons. The lowest BCUT2D eigenvalue weighted by Crippen LogP contribution is -2.21. The largest absolute Gasteiger partial charge is 0.496 e. The summed E-state index contributed by atoms with van der Waals surface area (Å²) in [6, 6.07) is 7.55. The summed E-state index contributed by atoms with van der Waals surface area (Å²) in [7, 11) is 1.59. The molecule has 112 valence electrons. The van der Waals surface area contributed by atoms with Gasteiger partial charge < -0.3 is 9.64 Å². The fraction of sp³-hybridized carbons (Fsp3) is 0.400. The van der Waals surface area contributed by atoms with E-state index in [0.29, 0.717) is 5.75 Å². The van der Waals surface area contributed by atoms with Crippen molar-refractivity contribution in [3.8, 4) is 11.8 Å². The van der Waals surface area contributed by atoms with Gasteiger partial charge in [-0.1, -0.05) is 0 Å². The number of ether oxygens (including phenoxy) is 1. The van der Waals surface area contributed by atoms with Crippen LogP contribution in [0.25, 0.3) is 0 Å². The van der Waals surface area contributed by atoms with Crippen molar-refractivity contribution in [2.45, 2.75) is 20.3 Å². The lowest BCUT2D eigenvalue weighted by atomic mass is 10.2. The number of nitriles is 1. The summed E-state index contributed by atoms with van der Waals surface area (Å²) in [6.45, 7) is 6.01. The Morgan fingerprint density at radius 1 is 1.48 bits per heavy atom. The number of methoxy groups -OCH3 is 1. The molecule has 0 aliphatic carbocycles. The van der Waals surface area contributed by atoms with E-state index < -0.39 is 5.91 Å². The van der Waals surface area contributed by atoms with E-state index in [-0.39, 0.29) is 6.42 Å². The molecular formula is C15H20N4O2. The summed E-state index contributed by atoms with van der Waals surface area (Å²) in [5, 5.41) is 12.2. The molecule has 6 heteroatoms. The van der Waals surface area contributed by atoms with Crippen LogP contribution in [0.2, 0.25) is 0 Å². The molecule has 1 aromatic rings. The maximum absolute atomic E-state index is 11.1. The molecule has 0 unspecified atom stereocenters. The molecule has 0 spiro atoms. The van der Waals surface area contributed by atoms with Gasteiger partial charge in [-0.3, -0.25) is 4.79 Å². The van der Waals surface area contributed by atoms with E-state index in [1.165, 1.54) is 6.21 Å². The van der Waals surface area contributed by atoms with Crippen LogP contribution in [-0.2, 0) is 4.79 Å². The van der Waals surface area contributed by atoms with Gasteiger partial charge in [0.05, 0.1) is 19.4 Å². The van der Waals surface area contributed by atoms with Gasteiger partial charge in [-0.2, -0.15) is 10.4 Å². The quantitative estimate of drug-likeness (QED) is 0.614. The van der Waals surface area contributed by atoms with Crippen molar-refractivity contribution >= 4 is 17.8 Å². The lowest BCUT2D eigenvalue weighted by Gasteiger charge is -2.21. The van der Waals surface area contributed by atoms with Crippen LogP contribution in [0, 0.1) is 11.3 Å². The Hall–Kier alpha value is -2.55. The molecule has 0 aromatic heterocycles. The van der Waals surface area contributed by atoms with Crippen molar-refractivity contribution in [2.24, 2.45) is 5.10 Å². The van der Waals surface area contributed by atoms with Crippen molar-refractivity contribution < 1.29 is 9.53 Å². The SMILES string of the molecule is CCN(CC)c1ccc(C=NNC(=O)CC#N)c(OC)c1. The number of nitrogens with one attached hydrogen (secondary N) is 1. The highest BCUT2D eigenvalue weighted by molar-refractivity contribution is 5.86.